The zero-order chi connectivity index (χ0) is 7.28. The zero-order valence-electron chi connectivity index (χ0n) is 5.43. The number of rotatable bonds is 3. The molecule has 0 fully saturated rings. The standard InChI is InChI=1S/C6H10FNO/c1-3-6(9)8(2)5-4-7/h3H,1,4-5H2,2H3. The van der Waals surface area contributed by atoms with E-state index in [1.54, 1.807) is 0 Å². The Bertz CT molecular complexity index is 114. The van der Waals surface area contributed by atoms with Crippen LogP contribution in [0.25, 0.3) is 0 Å². The van der Waals surface area contributed by atoms with Crippen LogP contribution in [0, 0.1) is 0 Å². The molecule has 0 aliphatic carbocycles. The summed E-state index contributed by atoms with van der Waals surface area (Å²) < 4.78 is 11.5. The molecule has 0 rings (SSSR count). The van der Waals surface area contributed by atoms with Gasteiger partial charge in [-0.2, -0.15) is 0 Å². The van der Waals surface area contributed by atoms with E-state index in [0.717, 1.165) is 6.08 Å². The molecule has 0 saturated carbocycles. The molecule has 0 N–H and O–H groups in total. The van der Waals surface area contributed by atoms with Gasteiger partial charge in [-0.25, -0.2) is 4.39 Å². The number of likely N-dealkylation sites (N-methyl/N-ethyl adjacent to an activating group) is 1. The average Bonchev–Trinajstić information content (AvgIpc) is 1.87. The molecule has 0 aromatic heterocycles. The highest BCUT2D eigenvalue weighted by Crippen LogP contribution is 1.84. The molecule has 52 valence electrons. The van der Waals surface area contributed by atoms with Crippen molar-refractivity contribution in [1.82, 2.24) is 4.90 Å². The molecule has 0 saturated heterocycles. The van der Waals surface area contributed by atoms with Gasteiger partial charge >= 0.3 is 0 Å². The van der Waals surface area contributed by atoms with Crippen molar-refractivity contribution in [2.24, 2.45) is 0 Å². The van der Waals surface area contributed by atoms with E-state index >= 15 is 0 Å². The predicted octanol–water partition coefficient (Wildman–Crippen LogP) is 0.600. The molecule has 0 unspecified atom stereocenters. The van der Waals surface area contributed by atoms with E-state index in [4.69, 9.17) is 0 Å². The zero-order valence-corrected chi connectivity index (χ0v) is 5.43. The molecular formula is C6H10FNO. The van der Waals surface area contributed by atoms with Crippen molar-refractivity contribution in [2.45, 2.75) is 0 Å². The molecular weight excluding hydrogens is 121 g/mol. The number of hydrogen-bond donors (Lipinski definition) is 0. The first kappa shape index (κ1) is 8.14. The van der Waals surface area contributed by atoms with Crippen LogP contribution in [0.3, 0.4) is 0 Å². The largest absolute Gasteiger partial charge is 0.340 e. The van der Waals surface area contributed by atoms with E-state index in [1.165, 1.54) is 11.9 Å². The van der Waals surface area contributed by atoms with Crippen molar-refractivity contribution in [1.29, 1.82) is 0 Å². The van der Waals surface area contributed by atoms with Crippen LogP contribution in [0.2, 0.25) is 0 Å². The summed E-state index contributed by atoms with van der Waals surface area (Å²) >= 11 is 0. The van der Waals surface area contributed by atoms with Gasteiger partial charge in [0.1, 0.15) is 6.67 Å². The Morgan fingerprint density at radius 1 is 1.89 bits per heavy atom. The van der Waals surface area contributed by atoms with Gasteiger partial charge in [0.15, 0.2) is 0 Å². The second-order valence-corrected chi connectivity index (χ2v) is 1.65. The second-order valence-electron chi connectivity index (χ2n) is 1.65. The van der Waals surface area contributed by atoms with Crippen molar-refractivity contribution >= 4 is 5.91 Å². The minimum atomic E-state index is -0.504. The van der Waals surface area contributed by atoms with Gasteiger partial charge in [0.2, 0.25) is 5.91 Å². The van der Waals surface area contributed by atoms with E-state index in [0.29, 0.717) is 0 Å². The van der Waals surface area contributed by atoms with Crippen molar-refractivity contribution in [3.8, 4) is 0 Å². The van der Waals surface area contributed by atoms with Crippen LogP contribution >= 0.6 is 0 Å². The molecule has 0 aliphatic heterocycles. The summed E-state index contributed by atoms with van der Waals surface area (Å²) in [7, 11) is 1.53. The highest BCUT2D eigenvalue weighted by molar-refractivity contribution is 5.86. The lowest BCUT2D eigenvalue weighted by molar-refractivity contribution is -0.124. The molecule has 0 atom stereocenters. The van der Waals surface area contributed by atoms with Crippen molar-refractivity contribution in [3.05, 3.63) is 12.7 Å². The fourth-order valence-electron chi connectivity index (χ4n) is 0.393. The third-order valence-electron chi connectivity index (χ3n) is 0.971. The van der Waals surface area contributed by atoms with Crippen LogP contribution in [0.4, 0.5) is 4.39 Å². The van der Waals surface area contributed by atoms with Gasteiger partial charge in [0.25, 0.3) is 0 Å². The normalized spacial score (nSPS) is 8.67. The lowest BCUT2D eigenvalue weighted by Crippen LogP contribution is -2.26. The van der Waals surface area contributed by atoms with Crippen LogP contribution in [0.5, 0.6) is 0 Å². The van der Waals surface area contributed by atoms with E-state index in [9.17, 15) is 9.18 Å². The Morgan fingerprint density at radius 3 is 2.78 bits per heavy atom. The van der Waals surface area contributed by atoms with Crippen LogP contribution in [-0.2, 0) is 4.79 Å². The Kier molecular flexibility index (Phi) is 3.67. The molecule has 1 amide bonds. The lowest BCUT2D eigenvalue weighted by atomic mass is 10.5. The Balaban J connectivity index is 3.58. The van der Waals surface area contributed by atoms with Crippen LogP contribution in [0.1, 0.15) is 0 Å². The van der Waals surface area contributed by atoms with E-state index in [-0.39, 0.29) is 12.5 Å². The van der Waals surface area contributed by atoms with Gasteiger partial charge in [0, 0.05) is 13.6 Å². The highest BCUT2D eigenvalue weighted by Gasteiger charge is 2.00. The summed E-state index contributed by atoms with van der Waals surface area (Å²) in [6.07, 6.45) is 1.16. The fraction of sp³-hybridized carbons (Fsp3) is 0.500. The summed E-state index contributed by atoms with van der Waals surface area (Å²) in [5.41, 5.74) is 0. The molecule has 0 aliphatic rings. The lowest BCUT2D eigenvalue weighted by Gasteiger charge is -2.10. The van der Waals surface area contributed by atoms with Gasteiger partial charge in [-0.15, -0.1) is 0 Å². The third kappa shape index (κ3) is 2.85. The number of nitrogens with zero attached hydrogens (tertiary/aromatic N) is 1. The monoisotopic (exact) mass is 131 g/mol. The Labute approximate surface area is 54.0 Å². The Hall–Kier alpha value is -0.860. The van der Waals surface area contributed by atoms with E-state index in [1.807, 2.05) is 0 Å². The molecule has 0 aromatic carbocycles. The first-order valence-electron chi connectivity index (χ1n) is 2.66. The maximum absolute atomic E-state index is 11.5. The van der Waals surface area contributed by atoms with Crippen molar-refractivity contribution in [3.63, 3.8) is 0 Å². The summed E-state index contributed by atoms with van der Waals surface area (Å²) in [6.45, 7) is 2.89. The third-order valence-corrected chi connectivity index (χ3v) is 0.971. The molecule has 0 heterocycles. The summed E-state index contributed by atoms with van der Waals surface area (Å²) in [6, 6.07) is 0. The topological polar surface area (TPSA) is 20.3 Å². The van der Waals surface area contributed by atoms with Gasteiger partial charge in [-0.1, -0.05) is 6.58 Å². The second kappa shape index (κ2) is 4.06. The smallest absolute Gasteiger partial charge is 0.245 e. The number of carbonyl (C=O) groups excluding carboxylic acids is 1. The van der Waals surface area contributed by atoms with Crippen LogP contribution in [0.15, 0.2) is 12.7 Å². The minimum Gasteiger partial charge on any atom is -0.340 e. The molecule has 3 heteroatoms. The number of halogens is 1. The highest BCUT2D eigenvalue weighted by atomic mass is 19.1. The molecule has 0 bridgehead atoms. The molecule has 0 aromatic rings. The summed E-state index contributed by atoms with van der Waals surface area (Å²) in [5, 5.41) is 0. The predicted molar refractivity (Wildman–Crippen MR) is 33.8 cm³/mol. The van der Waals surface area contributed by atoms with E-state index in [2.05, 4.69) is 6.58 Å². The number of carbonyl (C=O) groups is 1. The van der Waals surface area contributed by atoms with Gasteiger partial charge in [0.05, 0.1) is 0 Å². The maximum atomic E-state index is 11.5. The molecule has 0 radical (unpaired) electrons. The quantitative estimate of drug-likeness (QED) is 0.513. The van der Waals surface area contributed by atoms with E-state index < -0.39 is 6.67 Å². The fourth-order valence-corrected chi connectivity index (χ4v) is 0.393. The van der Waals surface area contributed by atoms with Crippen LogP contribution < -0.4 is 0 Å². The van der Waals surface area contributed by atoms with Crippen LogP contribution in [-0.4, -0.2) is 31.1 Å². The summed E-state index contributed by atoms with van der Waals surface area (Å²) in [4.78, 5) is 11.8. The molecule has 0 spiro atoms. The first-order valence-corrected chi connectivity index (χ1v) is 2.66. The van der Waals surface area contributed by atoms with Crippen molar-refractivity contribution in [2.75, 3.05) is 20.3 Å². The van der Waals surface area contributed by atoms with Gasteiger partial charge in [-0.3, -0.25) is 4.79 Å². The molecule has 2 nitrogen and oxygen atoms in total. The average molecular weight is 131 g/mol. The SMILES string of the molecule is C=CC(=O)N(C)CCF. The minimum absolute atomic E-state index is 0.144. The number of alkyl halides is 1. The Morgan fingerprint density at radius 2 is 2.44 bits per heavy atom. The van der Waals surface area contributed by atoms with Gasteiger partial charge in [-0.05, 0) is 6.08 Å². The maximum Gasteiger partial charge on any atom is 0.245 e. The number of amides is 1. The van der Waals surface area contributed by atoms with Crippen molar-refractivity contribution < 1.29 is 9.18 Å². The number of hydrogen-bond acceptors (Lipinski definition) is 1. The first-order chi connectivity index (χ1) is 4.22. The molecule has 9 heavy (non-hydrogen) atoms. The summed E-state index contributed by atoms with van der Waals surface area (Å²) in [5.74, 6) is -0.243. The van der Waals surface area contributed by atoms with Gasteiger partial charge < -0.3 is 4.90 Å².